The third-order valence-electron chi connectivity index (χ3n) is 1.00. The van der Waals surface area contributed by atoms with Crippen LogP contribution < -0.4 is 5.32 Å². The number of alkyl halides is 2. The zero-order valence-corrected chi connectivity index (χ0v) is 8.00. The summed E-state index contributed by atoms with van der Waals surface area (Å²) in [5, 5.41) is 2.28. The molecule has 0 aliphatic rings. The number of rotatable bonds is 3. The van der Waals surface area contributed by atoms with E-state index in [4.69, 9.17) is 23.2 Å². The van der Waals surface area contributed by atoms with Gasteiger partial charge in [0.25, 0.3) is 0 Å². The number of hydrogen-bond acceptors (Lipinski definition) is 2. The quantitative estimate of drug-likeness (QED) is 0.560. The van der Waals surface area contributed by atoms with Crippen LogP contribution in [0.2, 0.25) is 0 Å². The highest BCUT2D eigenvalue weighted by molar-refractivity contribution is 6.48. The van der Waals surface area contributed by atoms with Gasteiger partial charge in [-0.3, -0.25) is 5.32 Å². The summed E-state index contributed by atoms with van der Waals surface area (Å²) >= 11 is 11.2. The highest BCUT2D eigenvalue weighted by atomic mass is 35.5. The van der Waals surface area contributed by atoms with E-state index in [1.54, 1.807) is 13.8 Å². The van der Waals surface area contributed by atoms with Crippen molar-refractivity contribution in [2.24, 2.45) is 0 Å². The van der Waals surface area contributed by atoms with Crippen molar-refractivity contribution in [2.45, 2.75) is 24.7 Å². The Hall–Kier alpha value is -0.150. The molecule has 5 heteroatoms. The third kappa shape index (κ3) is 5.16. The lowest BCUT2D eigenvalue weighted by molar-refractivity contribution is 0.149. The molecule has 0 aromatic rings. The monoisotopic (exact) mass is 199 g/mol. The minimum atomic E-state index is -1.22. The van der Waals surface area contributed by atoms with Crippen LogP contribution in [0, 0.1) is 0 Å². The maximum atomic E-state index is 10.7. The molecule has 0 unspecified atom stereocenters. The maximum absolute atomic E-state index is 10.7. The highest BCUT2D eigenvalue weighted by Gasteiger charge is 2.23. The van der Waals surface area contributed by atoms with E-state index in [1.165, 1.54) is 0 Å². The van der Waals surface area contributed by atoms with Gasteiger partial charge in [-0.05, 0) is 13.3 Å². The van der Waals surface area contributed by atoms with E-state index < -0.39 is 10.6 Å². The lowest BCUT2D eigenvalue weighted by Gasteiger charge is -2.17. The van der Waals surface area contributed by atoms with Gasteiger partial charge >= 0.3 is 6.09 Å². The molecule has 0 saturated heterocycles. The molecule has 0 aromatic carbocycles. The van der Waals surface area contributed by atoms with Gasteiger partial charge in [0.05, 0.1) is 6.61 Å². The Kier molecular flexibility index (Phi) is 4.61. The summed E-state index contributed by atoms with van der Waals surface area (Å²) in [6.45, 7) is 3.77. The Morgan fingerprint density at radius 2 is 2.09 bits per heavy atom. The van der Waals surface area contributed by atoms with Crippen molar-refractivity contribution in [3.63, 3.8) is 0 Å². The molecular formula is C6H11Cl2NO2. The predicted molar refractivity (Wildman–Crippen MR) is 44.9 cm³/mol. The zero-order valence-electron chi connectivity index (χ0n) is 6.49. The van der Waals surface area contributed by atoms with Gasteiger partial charge in [-0.2, -0.15) is 0 Å². The second-order valence-electron chi connectivity index (χ2n) is 1.90. The van der Waals surface area contributed by atoms with Gasteiger partial charge in [0.15, 0.2) is 4.46 Å². The Labute approximate surface area is 76.0 Å². The molecule has 0 fully saturated rings. The molecule has 0 bridgehead atoms. The van der Waals surface area contributed by atoms with Gasteiger partial charge in [-0.1, -0.05) is 30.1 Å². The van der Waals surface area contributed by atoms with Gasteiger partial charge in [-0.25, -0.2) is 4.79 Å². The first-order valence-electron chi connectivity index (χ1n) is 3.34. The molecule has 66 valence electrons. The molecule has 0 aliphatic carbocycles. The summed E-state index contributed by atoms with van der Waals surface area (Å²) in [6, 6.07) is 0. The second-order valence-corrected chi connectivity index (χ2v) is 3.39. The van der Waals surface area contributed by atoms with E-state index in [9.17, 15) is 4.79 Å². The van der Waals surface area contributed by atoms with E-state index in [0.717, 1.165) is 0 Å². The molecule has 0 radical (unpaired) electrons. The van der Waals surface area contributed by atoms with Crippen LogP contribution in [0.5, 0.6) is 0 Å². The maximum Gasteiger partial charge on any atom is 0.409 e. The van der Waals surface area contributed by atoms with Crippen molar-refractivity contribution >= 4 is 29.3 Å². The van der Waals surface area contributed by atoms with Crippen LogP contribution in [0.15, 0.2) is 0 Å². The summed E-state index contributed by atoms with van der Waals surface area (Å²) in [5.74, 6) is 0. The van der Waals surface area contributed by atoms with Gasteiger partial charge < -0.3 is 4.74 Å². The number of nitrogens with one attached hydrogen (secondary N) is 1. The standard InChI is InChI=1S/C6H11Cl2NO2/c1-3-6(7,8)9-5(10)11-4-2/h3-4H2,1-2H3,(H,9,10). The summed E-state index contributed by atoms with van der Waals surface area (Å²) < 4.78 is 3.34. The van der Waals surface area contributed by atoms with E-state index in [0.29, 0.717) is 13.0 Å². The van der Waals surface area contributed by atoms with Crippen LogP contribution in [-0.2, 0) is 4.74 Å². The van der Waals surface area contributed by atoms with Crippen LogP contribution in [0.1, 0.15) is 20.3 Å². The molecule has 0 heterocycles. The molecule has 0 rings (SSSR count). The lowest BCUT2D eigenvalue weighted by atomic mass is 10.5. The van der Waals surface area contributed by atoms with Crippen molar-refractivity contribution < 1.29 is 9.53 Å². The van der Waals surface area contributed by atoms with Crippen molar-refractivity contribution in [1.29, 1.82) is 0 Å². The molecule has 1 amide bonds. The Morgan fingerprint density at radius 1 is 1.55 bits per heavy atom. The van der Waals surface area contributed by atoms with Crippen LogP contribution in [0.25, 0.3) is 0 Å². The third-order valence-corrected chi connectivity index (χ3v) is 1.73. The average Bonchev–Trinajstić information content (AvgIpc) is 1.87. The van der Waals surface area contributed by atoms with Gasteiger partial charge in [0.1, 0.15) is 0 Å². The van der Waals surface area contributed by atoms with Crippen molar-refractivity contribution in [2.75, 3.05) is 6.61 Å². The molecule has 3 nitrogen and oxygen atoms in total. The second kappa shape index (κ2) is 4.67. The minimum Gasteiger partial charge on any atom is -0.450 e. The number of alkyl carbamates (subject to hydrolysis) is 1. The number of halogens is 2. The smallest absolute Gasteiger partial charge is 0.409 e. The van der Waals surface area contributed by atoms with E-state index in [1.807, 2.05) is 0 Å². The molecule has 1 N–H and O–H groups in total. The normalized spacial score (nSPS) is 10.9. The fourth-order valence-electron chi connectivity index (χ4n) is 0.405. The van der Waals surface area contributed by atoms with Crippen molar-refractivity contribution in [1.82, 2.24) is 5.32 Å². The van der Waals surface area contributed by atoms with E-state index in [-0.39, 0.29) is 0 Å². The Bertz CT molecular complexity index is 139. The fourth-order valence-corrected chi connectivity index (χ4v) is 0.559. The number of ether oxygens (including phenoxy) is 1. The predicted octanol–water partition coefficient (Wildman–Crippen LogP) is 2.27. The van der Waals surface area contributed by atoms with Gasteiger partial charge in [-0.15, -0.1) is 0 Å². The average molecular weight is 200 g/mol. The summed E-state index contributed by atoms with van der Waals surface area (Å²) in [4.78, 5) is 10.7. The molecule has 0 aromatic heterocycles. The lowest BCUT2D eigenvalue weighted by Crippen LogP contribution is -2.38. The molecule has 0 aliphatic heterocycles. The first kappa shape index (κ1) is 10.8. The van der Waals surface area contributed by atoms with E-state index in [2.05, 4.69) is 10.1 Å². The van der Waals surface area contributed by atoms with Crippen LogP contribution in [0.4, 0.5) is 4.79 Å². The molecular weight excluding hydrogens is 189 g/mol. The van der Waals surface area contributed by atoms with Gasteiger partial charge in [0, 0.05) is 0 Å². The highest BCUT2D eigenvalue weighted by Crippen LogP contribution is 2.20. The van der Waals surface area contributed by atoms with Crippen molar-refractivity contribution in [3.05, 3.63) is 0 Å². The van der Waals surface area contributed by atoms with Crippen LogP contribution in [-0.4, -0.2) is 17.2 Å². The van der Waals surface area contributed by atoms with Crippen LogP contribution in [0.3, 0.4) is 0 Å². The topological polar surface area (TPSA) is 38.3 Å². The number of amides is 1. The van der Waals surface area contributed by atoms with Gasteiger partial charge in [0.2, 0.25) is 0 Å². The summed E-state index contributed by atoms with van der Waals surface area (Å²) in [6.07, 6.45) is -0.172. The molecule has 0 saturated carbocycles. The first-order chi connectivity index (χ1) is 5.02. The zero-order chi connectivity index (χ0) is 8.91. The van der Waals surface area contributed by atoms with Crippen molar-refractivity contribution in [3.8, 4) is 0 Å². The summed E-state index contributed by atoms with van der Waals surface area (Å²) in [7, 11) is 0. The number of hydrogen-bond donors (Lipinski definition) is 1. The Morgan fingerprint density at radius 3 is 2.45 bits per heavy atom. The number of carbonyl (C=O) groups is 1. The molecule has 0 atom stereocenters. The first-order valence-corrected chi connectivity index (χ1v) is 4.10. The van der Waals surface area contributed by atoms with E-state index >= 15 is 0 Å². The Balaban J connectivity index is 3.74. The number of carbonyl (C=O) groups excluding carboxylic acids is 1. The molecule has 11 heavy (non-hydrogen) atoms. The minimum absolute atomic E-state index is 0.305. The largest absolute Gasteiger partial charge is 0.450 e. The van der Waals surface area contributed by atoms with Crippen LogP contribution >= 0.6 is 23.2 Å². The SMILES string of the molecule is CCOC(=O)NC(Cl)(Cl)CC. The molecule has 0 spiro atoms. The fraction of sp³-hybridized carbons (Fsp3) is 0.833. The summed E-state index contributed by atoms with van der Waals surface area (Å²) in [5.41, 5.74) is 0.